The van der Waals surface area contributed by atoms with Gasteiger partial charge in [-0.3, -0.25) is 10.1 Å². The van der Waals surface area contributed by atoms with E-state index < -0.39 is 34.8 Å². The van der Waals surface area contributed by atoms with Crippen molar-refractivity contribution in [3.8, 4) is 17.0 Å². The number of amides is 1. The Kier molecular flexibility index (Phi) is 9.91. The van der Waals surface area contributed by atoms with Crippen LogP contribution in [0.4, 0.5) is 13.9 Å². The van der Waals surface area contributed by atoms with E-state index in [1.54, 1.807) is 12.5 Å². The van der Waals surface area contributed by atoms with E-state index in [1.165, 1.54) is 0 Å². The summed E-state index contributed by atoms with van der Waals surface area (Å²) >= 11 is 1.14. The van der Waals surface area contributed by atoms with Crippen LogP contribution < -0.4 is 10.1 Å². The summed E-state index contributed by atoms with van der Waals surface area (Å²) in [4.78, 5) is 28.2. The van der Waals surface area contributed by atoms with Gasteiger partial charge in [0.1, 0.15) is 17.4 Å². The monoisotopic (exact) mass is 546 g/mol. The van der Waals surface area contributed by atoms with Gasteiger partial charge < -0.3 is 19.3 Å². The Morgan fingerprint density at radius 3 is 2.42 bits per heavy atom. The number of aromatic nitrogens is 1. The lowest BCUT2D eigenvalue weighted by molar-refractivity contribution is -0.135. The number of nitrogens with zero attached hydrogens (tertiary/aromatic N) is 1. The van der Waals surface area contributed by atoms with E-state index in [4.69, 9.17) is 14.6 Å². The van der Waals surface area contributed by atoms with Crippen LogP contribution in [0.15, 0.2) is 41.5 Å². The molecule has 0 saturated heterocycles. The van der Waals surface area contributed by atoms with Gasteiger partial charge in [-0.1, -0.05) is 26.0 Å². The Hall–Kier alpha value is -3.83. The first-order chi connectivity index (χ1) is 18.2. The summed E-state index contributed by atoms with van der Waals surface area (Å²) in [6.45, 7) is 4.51. The average Bonchev–Trinajstić information content (AvgIpc) is 3.36. The summed E-state index contributed by atoms with van der Waals surface area (Å²) in [7, 11) is 2.62. The topological polar surface area (TPSA) is 107 Å². The number of anilines is 1. The molecule has 0 aliphatic carbocycles. The second-order valence-corrected chi connectivity index (χ2v) is 8.97. The highest BCUT2D eigenvalue weighted by molar-refractivity contribution is 7.14. The first-order valence-corrected chi connectivity index (χ1v) is 12.6. The van der Waals surface area contributed by atoms with Crippen molar-refractivity contribution in [3.05, 3.63) is 69.8 Å². The number of hydrogen-bond donors (Lipinski definition) is 2. The number of hydrogen-bond acceptors (Lipinski definition) is 7. The predicted octanol–water partition coefficient (Wildman–Crippen LogP) is 6.13. The van der Waals surface area contributed by atoms with Gasteiger partial charge in [-0.25, -0.2) is 18.6 Å². The first-order valence-electron chi connectivity index (χ1n) is 11.7. The van der Waals surface area contributed by atoms with Gasteiger partial charge in [0.15, 0.2) is 5.13 Å². The minimum Gasteiger partial charge on any atom is -0.496 e. The van der Waals surface area contributed by atoms with Crippen molar-refractivity contribution in [2.24, 2.45) is 0 Å². The van der Waals surface area contributed by atoms with E-state index in [0.29, 0.717) is 29.7 Å². The van der Waals surface area contributed by atoms with Crippen LogP contribution in [0, 0.1) is 11.6 Å². The third kappa shape index (κ3) is 6.73. The third-order valence-electron chi connectivity index (χ3n) is 5.73. The van der Waals surface area contributed by atoms with Crippen LogP contribution in [-0.2, 0) is 20.9 Å². The number of ether oxygens (including phenoxy) is 3. The smallest absolute Gasteiger partial charge is 0.371 e. The van der Waals surface area contributed by atoms with Crippen LogP contribution in [-0.4, -0.2) is 42.3 Å². The molecular weight excluding hydrogens is 518 g/mol. The Bertz CT molecular complexity index is 1310. The van der Waals surface area contributed by atoms with Gasteiger partial charge in [0.05, 0.1) is 32.6 Å². The number of para-hydroxylation sites is 1. The second-order valence-electron chi connectivity index (χ2n) is 8.11. The number of methoxy groups -OCH3 is 2. The van der Waals surface area contributed by atoms with Crippen molar-refractivity contribution < 1.29 is 37.7 Å². The Labute approximate surface area is 222 Å². The largest absolute Gasteiger partial charge is 0.496 e. The number of carboxylic acids is 1. The zero-order chi connectivity index (χ0) is 27.8. The van der Waals surface area contributed by atoms with Gasteiger partial charge in [-0.05, 0) is 31.0 Å². The second kappa shape index (κ2) is 13.1. The van der Waals surface area contributed by atoms with Crippen LogP contribution >= 0.6 is 11.3 Å². The Balaban J connectivity index is 1.81. The maximum absolute atomic E-state index is 14.5. The molecule has 0 fully saturated rings. The molecule has 0 spiro atoms. The number of carboxylic acid groups (broad SMARTS) is 1. The number of carbonyl (C=O) groups is 2. The third-order valence-corrected chi connectivity index (χ3v) is 6.49. The molecule has 1 heterocycles. The molecule has 1 aromatic heterocycles. The zero-order valence-electron chi connectivity index (χ0n) is 21.3. The van der Waals surface area contributed by atoms with Gasteiger partial charge in [-0.15, -0.1) is 11.3 Å². The van der Waals surface area contributed by atoms with E-state index in [0.717, 1.165) is 49.0 Å². The van der Waals surface area contributed by atoms with E-state index >= 15 is 0 Å². The van der Waals surface area contributed by atoms with Crippen LogP contribution in [0.25, 0.3) is 17.3 Å². The number of aliphatic carboxylic acids is 1. The number of benzene rings is 2. The van der Waals surface area contributed by atoms with Crippen molar-refractivity contribution in [2.75, 3.05) is 19.5 Å². The van der Waals surface area contributed by atoms with E-state index in [-0.39, 0.29) is 16.8 Å². The van der Waals surface area contributed by atoms with E-state index in [1.807, 2.05) is 18.2 Å². The number of halogens is 2. The molecule has 0 aliphatic heterocycles. The van der Waals surface area contributed by atoms with Gasteiger partial charge >= 0.3 is 5.97 Å². The fourth-order valence-corrected chi connectivity index (χ4v) is 4.40. The van der Waals surface area contributed by atoms with E-state index in [9.17, 15) is 18.4 Å². The molecule has 2 N–H and O–H groups in total. The highest BCUT2D eigenvalue weighted by Crippen LogP contribution is 2.35. The van der Waals surface area contributed by atoms with Gasteiger partial charge in [-0.2, -0.15) is 0 Å². The Morgan fingerprint density at radius 2 is 1.84 bits per heavy atom. The summed E-state index contributed by atoms with van der Waals surface area (Å²) in [6.07, 6.45) is 2.65. The molecule has 0 bridgehead atoms. The lowest BCUT2D eigenvalue weighted by atomic mass is 10.1. The molecule has 0 radical (unpaired) electrons. The van der Waals surface area contributed by atoms with Crippen molar-refractivity contribution in [2.45, 2.75) is 39.4 Å². The molecule has 38 heavy (non-hydrogen) atoms. The normalized spacial score (nSPS) is 11.5. The van der Waals surface area contributed by atoms with Crippen molar-refractivity contribution >= 4 is 34.4 Å². The molecule has 0 atom stereocenters. The Morgan fingerprint density at radius 1 is 1.16 bits per heavy atom. The number of nitrogens with one attached hydrogen (secondary N) is 1. The van der Waals surface area contributed by atoms with Crippen LogP contribution in [0.1, 0.15) is 48.2 Å². The minimum absolute atomic E-state index is 0.142. The number of carbonyl (C=O) groups excluding carboxylic acids is 1. The first kappa shape index (κ1) is 28.7. The summed E-state index contributed by atoms with van der Waals surface area (Å²) in [5.41, 5.74) is 1.16. The molecule has 8 nitrogen and oxygen atoms in total. The fraction of sp³-hybridized carbons (Fsp3) is 0.296. The zero-order valence-corrected chi connectivity index (χ0v) is 22.2. The molecule has 202 valence electrons. The number of rotatable bonds is 12. The highest BCUT2D eigenvalue weighted by Gasteiger charge is 2.19. The SMILES string of the molecule is CCC(CC)OCc1cccc(-c2csc(NC(=O)c3cc(F)c(/C=C(/OC)C(=O)O)c(F)c3)n2)c1OC. The molecule has 11 heteroatoms. The molecular formula is C27H28F2N2O6S. The summed E-state index contributed by atoms with van der Waals surface area (Å²) in [6, 6.07) is 7.22. The highest BCUT2D eigenvalue weighted by atomic mass is 32.1. The lowest BCUT2D eigenvalue weighted by Gasteiger charge is -2.17. The average molecular weight is 547 g/mol. The molecule has 3 rings (SSSR count). The van der Waals surface area contributed by atoms with Crippen LogP contribution in [0.3, 0.4) is 0 Å². The van der Waals surface area contributed by atoms with Gasteiger partial charge in [0.2, 0.25) is 5.76 Å². The standard InChI is InChI=1S/C27H28F2N2O6S/c1-5-17(6-2)37-13-15-8-7-9-18(24(15)36-4)22-14-38-27(30-22)31-25(32)16-10-20(28)19(21(29)11-16)12-23(35-3)26(33)34/h7-12,14,17H,5-6,13H2,1-4H3,(H,33,34)(H,30,31,32)/b23-12+. The lowest BCUT2D eigenvalue weighted by Crippen LogP contribution is -2.13. The van der Waals surface area contributed by atoms with Crippen molar-refractivity contribution in [3.63, 3.8) is 0 Å². The predicted molar refractivity (Wildman–Crippen MR) is 140 cm³/mol. The molecule has 0 unspecified atom stereocenters. The molecule has 1 amide bonds. The maximum Gasteiger partial charge on any atom is 0.371 e. The summed E-state index contributed by atoms with van der Waals surface area (Å²) in [5.74, 6) is -4.58. The molecule has 0 aliphatic rings. The van der Waals surface area contributed by atoms with Crippen LogP contribution in [0.2, 0.25) is 0 Å². The van der Waals surface area contributed by atoms with Crippen molar-refractivity contribution in [1.82, 2.24) is 4.98 Å². The molecule has 2 aromatic carbocycles. The molecule has 3 aromatic rings. The van der Waals surface area contributed by atoms with Gasteiger partial charge in [0, 0.05) is 33.7 Å². The van der Waals surface area contributed by atoms with Gasteiger partial charge in [0.25, 0.3) is 5.91 Å². The quantitative estimate of drug-likeness (QED) is 0.208. The fourth-order valence-electron chi connectivity index (χ4n) is 3.69. The number of thiazole rings is 1. The minimum atomic E-state index is -1.49. The van der Waals surface area contributed by atoms with E-state index in [2.05, 4.69) is 28.9 Å². The summed E-state index contributed by atoms with van der Waals surface area (Å²) in [5, 5.41) is 13.5. The van der Waals surface area contributed by atoms with Crippen LogP contribution in [0.5, 0.6) is 5.75 Å². The summed E-state index contributed by atoms with van der Waals surface area (Å²) < 4.78 is 45.3. The maximum atomic E-state index is 14.5. The van der Waals surface area contributed by atoms with Crippen molar-refractivity contribution in [1.29, 1.82) is 0 Å². The molecule has 0 saturated carbocycles.